The van der Waals surface area contributed by atoms with Gasteiger partial charge in [0.15, 0.2) is 5.96 Å². The van der Waals surface area contributed by atoms with E-state index in [2.05, 4.69) is 35.5 Å². The number of amides is 1. The Hall–Kier alpha value is -1.51. The molecule has 7 heteroatoms. The van der Waals surface area contributed by atoms with Crippen LogP contribution in [-0.2, 0) is 24.2 Å². The Bertz CT molecular complexity index is 756. The summed E-state index contributed by atoms with van der Waals surface area (Å²) in [6.07, 6.45) is 8.24. The Morgan fingerprint density at radius 1 is 1.19 bits per heavy atom. The molecule has 3 rings (SSSR count). The number of benzene rings is 1. The maximum atomic E-state index is 12.6. The zero-order valence-corrected chi connectivity index (χ0v) is 21.6. The van der Waals surface area contributed by atoms with Crippen LogP contribution in [-0.4, -0.2) is 48.1 Å². The second kappa shape index (κ2) is 12.5. The quantitative estimate of drug-likeness (QED) is 0.289. The molecule has 1 aliphatic heterocycles. The van der Waals surface area contributed by atoms with E-state index in [0.29, 0.717) is 24.2 Å². The van der Waals surface area contributed by atoms with Crippen molar-refractivity contribution in [1.29, 1.82) is 0 Å². The molecule has 2 aliphatic rings. The molecule has 3 N–H and O–H groups in total. The molecule has 1 aliphatic carbocycles. The lowest BCUT2D eigenvalue weighted by atomic mass is 9.88. The van der Waals surface area contributed by atoms with Crippen LogP contribution in [0.3, 0.4) is 0 Å². The Morgan fingerprint density at radius 3 is 2.52 bits per heavy atom. The second-order valence-electron chi connectivity index (χ2n) is 8.59. The number of fused-ring (bicyclic) bond motifs is 1. The summed E-state index contributed by atoms with van der Waals surface area (Å²) in [4.78, 5) is 19.0. The first-order valence-electron chi connectivity index (χ1n) is 11.7. The molecular formula is C24H39IN4O2. The molecule has 0 spiro atoms. The third-order valence-corrected chi connectivity index (χ3v) is 6.76. The molecule has 0 atom stereocenters. The predicted molar refractivity (Wildman–Crippen MR) is 137 cm³/mol. The molecular weight excluding hydrogens is 503 g/mol. The van der Waals surface area contributed by atoms with Gasteiger partial charge >= 0.3 is 0 Å². The number of hydrogen-bond donors (Lipinski definition) is 3. The number of aryl methyl sites for hydroxylation is 1. The zero-order valence-electron chi connectivity index (χ0n) is 19.2. The highest BCUT2D eigenvalue weighted by molar-refractivity contribution is 14.0. The van der Waals surface area contributed by atoms with Gasteiger partial charge in [-0.2, -0.15) is 0 Å². The molecule has 0 unspecified atom stereocenters. The average molecular weight is 543 g/mol. The van der Waals surface area contributed by atoms with Gasteiger partial charge in [-0.3, -0.25) is 9.79 Å². The van der Waals surface area contributed by atoms with Crippen molar-refractivity contribution < 1.29 is 9.90 Å². The van der Waals surface area contributed by atoms with Crippen LogP contribution >= 0.6 is 24.0 Å². The van der Waals surface area contributed by atoms with Crippen LogP contribution in [0.5, 0.6) is 5.75 Å². The summed E-state index contributed by atoms with van der Waals surface area (Å²) in [5.74, 6) is 1.60. The zero-order chi connectivity index (χ0) is 21.5. The molecule has 0 aromatic heterocycles. The van der Waals surface area contributed by atoms with Crippen LogP contribution in [0.2, 0.25) is 0 Å². The number of rotatable bonds is 6. The first kappa shape index (κ1) is 25.7. The number of aromatic hydroxyl groups is 1. The number of likely N-dealkylation sites (tertiary alicyclic amines) is 1. The number of aliphatic imine (C=N–C) groups is 1. The minimum Gasteiger partial charge on any atom is -0.508 e. The molecule has 0 saturated carbocycles. The highest BCUT2D eigenvalue weighted by atomic mass is 127. The van der Waals surface area contributed by atoms with Crippen molar-refractivity contribution in [3.63, 3.8) is 0 Å². The molecule has 1 saturated heterocycles. The number of nitrogens with one attached hydrogen (secondary N) is 2. The van der Waals surface area contributed by atoms with Gasteiger partial charge in [0.05, 0.1) is 0 Å². The van der Waals surface area contributed by atoms with Crippen LogP contribution in [0.1, 0.15) is 69.1 Å². The molecule has 0 bridgehead atoms. The SMILES string of the molecule is CCC(CC)C(=O)N1CCC(NC(=NC)NCc2c(O)ccc3c2CCCC3)CC1.I. The van der Waals surface area contributed by atoms with Crippen molar-refractivity contribution in [2.24, 2.45) is 10.9 Å². The molecule has 1 fully saturated rings. The van der Waals surface area contributed by atoms with Crippen molar-refractivity contribution >= 4 is 35.8 Å². The van der Waals surface area contributed by atoms with Gasteiger partial charge in [-0.05, 0) is 68.6 Å². The maximum Gasteiger partial charge on any atom is 0.225 e. The van der Waals surface area contributed by atoms with E-state index in [4.69, 9.17) is 0 Å². The molecule has 1 amide bonds. The summed E-state index contributed by atoms with van der Waals surface area (Å²) >= 11 is 0. The fourth-order valence-electron chi connectivity index (χ4n) is 4.79. The Balaban J connectivity index is 0.00000341. The maximum absolute atomic E-state index is 12.6. The number of guanidine groups is 1. The lowest BCUT2D eigenvalue weighted by Crippen LogP contribution is -2.50. The van der Waals surface area contributed by atoms with E-state index in [1.54, 1.807) is 7.05 Å². The van der Waals surface area contributed by atoms with E-state index in [1.165, 1.54) is 24.0 Å². The van der Waals surface area contributed by atoms with Crippen molar-refractivity contribution in [2.75, 3.05) is 20.1 Å². The molecule has 174 valence electrons. The standard InChI is InChI=1S/C24H38N4O2.HI/c1-4-17(5-2)23(30)28-14-12-19(13-15-28)27-24(25-3)26-16-21-20-9-7-6-8-18(20)10-11-22(21)29;/h10-11,17,19,29H,4-9,12-16H2,1-3H3,(H2,25,26,27);1H. The van der Waals surface area contributed by atoms with Crippen LogP contribution in [0.4, 0.5) is 0 Å². The summed E-state index contributed by atoms with van der Waals surface area (Å²) in [7, 11) is 1.78. The summed E-state index contributed by atoms with van der Waals surface area (Å²) in [5, 5.41) is 17.3. The lowest BCUT2D eigenvalue weighted by Gasteiger charge is -2.35. The number of carbonyl (C=O) groups excluding carboxylic acids is 1. The number of piperidine rings is 1. The Labute approximate surface area is 204 Å². The number of hydrogen-bond acceptors (Lipinski definition) is 3. The topological polar surface area (TPSA) is 77.0 Å². The number of phenols is 1. The smallest absolute Gasteiger partial charge is 0.225 e. The molecule has 1 aromatic carbocycles. The van der Waals surface area contributed by atoms with Gasteiger partial charge < -0.3 is 20.6 Å². The van der Waals surface area contributed by atoms with E-state index in [1.807, 2.05) is 11.0 Å². The number of carbonyl (C=O) groups is 1. The number of nitrogens with zero attached hydrogens (tertiary/aromatic N) is 2. The molecule has 6 nitrogen and oxygen atoms in total. The molecule has 0 radical (unpaired) electrons. The van der Waals surface area contributed by atoms with Gasteiger partial charge in [0.2, 0.25) is 5.91 Å². The van der Waals surface area contributed by atoms with Gasteiger partial charge in [0, 0.05) is 44.2 Å². The third-order valence-electron chi connectivity index (χ3n) is 6.76. The lowest BCUT2D eigenvalue weighted by molar-refractivity contribution is -0.136. The summed E-state index contributed by atoms with van der Waals surface area (Å²) in [6.45, 7) is 6.37. The van der Waals surface area contributed by atoms with E-state index in [-0.39, 0.29) is 29.9 Å². The predicted octanol–water partition coefficient (Wildman–Crippen LogP) is 3.98. The third kappa shape index (κ3) is 6.49. The van der Waals surface area contributed by atoms with Crippen molar-refractivity contribution in [1.82, 2.24) is 15.5 Å². The minimum absolute atomic E-state index is 0. The number of phenolic OH excluding ortho intramolecular Hbond substituents is 1. The van der Waals surface area contributed by atoms with Gasteiger partial charge in [0.25, 0.3) is 0 Å². The Morgan fingerprint density at radius 2 is 1.87 bits per heavy atom. The first-order valence-corrected chi connectivity index (χ1v) is 11.7. The first-order chi connectivity index (χ1) is 14.6. The summed E-state index contributed by atoms with van der Waals surface area (Å²) in [6, 6.07) is 4.20. The highest BCUT2D eigenvalue weighted by Gasteiger charge is 2.27. The summed E-state index contributed by atoms with van der Waals surface area (Å²) in [5.41, 5.74) is 3.67. The fourth-order valence-corrected chi connectivity index (χ4v) is 4.79. The largest absolute Gasteiger partial charge is 0.508 e. The fraction of sp³-hybridized carbons (Fsp3) is 0.667. The van der Waals surface area contributed by atoms with Crippen LogP contribution < -0.4 is 10.6 Å². The normalized spacial score (nSPS) is 17.2. The van der Waals surface area contributed by atoms with Crippen LogP contribution in [0, 0.1) is 5.92 Å². The van der Waals surface area contributed by atoms with E-state index in [9.17, 15) is 9.90 Å². The molecule has 1 heterocycles. The highest BCUT2D eigenvalue weighted by Crippen LogP contribution is 2.30. The van der Waals surface area contributed by atoms with Crippen LogP contribution in [0.25, 0.3) is 0 Å². The van der Waals surface area contributed by atoms with E-state index < -0.39 is 0 Å². The van der Waals surface area contributed by atoms with Crippen molar-refractivity contribution in [2.45, 2.75) is 77.8 Å². The minimum atomic E-state index is 0. The second-order valence-corrected chi connectivity index (χ2v) is 8.59. The molecule has 1 aromatic rings. The average Bonchev–Trinajstić information content (AvgIpc) is 2.78. The summed E-state index contributed by atoms with van der Waals surface area (Å²) < 4.78 is 0. The van der Waals surface area contributed by atoms with Gasteiger partial charge in [-0.15, -0.1) is 24.0 Å². The van der Waals surface area contributed by atoms with Gasteiger partial charge in [-0.25, -0.2) is 0 Å². The number of halogens is 1. The van der Waals surface area contributed by atoms with Crippen molar-refractivity contribution in [3.05, 3.63) is 28.8 Å². The Kier molecular flexibility index (Phi) is 10.4. The monoisotopic (exact) mass is 542 g/mol. The van der Waals surface area contributed by atoms with Crippen LogP contribution in [0.15, 0.2) is 17.1 Å². The van der Waals surface area contributed by atoms with E-state index in [0.717, 1.165) is 63.1 Å². The van der Waals surface area contributed by atoms with Gasteiger partial charge in [0.1, 0.15) is 5.75 Å². The van der Waals surface area contributed by atoms with Crippen molar-refractivity contribution in [3.8, 4) is 5.75 Å². The van der Waals surface area contributed by atoms with E-state index >= 15 is 0 Å². The molecule has 31 heavy (non-hydrogen) atoms. The van der Waals surface area contributed by atoms with Gasteiger partial charge in [-0.1, -0.05) is 19.9 Å².